The zero-order chi connectivity index (χ0) is 15.1. The van der Waals surface area contributed by atoms with E-state index in [1.165, 1.54) is 0 Å². The molecule has 1 aromatic heterocycles. The van der Waals surface area contributed by atoms with Crippen LogP contribution in [0.15, 0.2) is 42.6 Å². The molecule has 0 unspecified atom stereocenters. The number of ether oxygens (including phenoxy) is 1. The third-order valence-electron chi connectivity index (χ3n) is 3.10. The fraction of sp³-hybridized carbons (Fsp3) is 0.312. The Morgan fingerprint density at radius 3 is 2.76 bits per heavy atom. The van der Waals surface area contributed by atoms with Crippen LogP contribution in [-0.2, 0) is 6.42 Å². The predicted molar refractivity (Wildman–Crippen MR) is 87.4 cm³/mol. The van der Waals surface area contributed by atoms with Gasteiger partial charge in [0.2, 0.25) is 0 Å². The number of hydrogen-bond acceptors (Lipinski definition) is 3. The smallest absolute Gasteiger partial charge is 0.139 e. The Morgan fingerprint density at radius 2 is 2.00 bits per heavy atom. The molecule has 0 fully saturated rings. The lowest BCUT2D eigenvalue weighted by molar-refractivity contribution is 0.238. The van der Waals surface area contributed by atoms with Crippen molar-refractivity contribution in [3.8, 4) is 5.75 Å². The number of pyridine rings is 1. The van der Waals surface area contributed by atoms with Gasteiger partial charge in [0, 0.05) is 42.5 Å². The summed E-state index contributed by atoms with van der Waals surface area (Å²) in [5.74, 6) is 0.627. The van der Waals surface area contributed by atoms with Gasteiger partial charge < -0.3 is 9.64 Å². The maximum atomic E-state index is 6.05. The van der Waals surface area contributed by atoms with Crippen LogP contribution in [0.4, 0.5) is 0 Å². The minimum Gasteiger partial charge on any atom is -0.491 e. The fourth-order valence-electron chi connectivity index (χ4n) is 1.86. The molecule has 0 aliphatic heterocycles. The molecule has 1 aromatic carbocycles. The molecule has 0 amide bonds. The van der Waals surface area contributed by atoms with Gasteiger partial charge in [0.15, 0.2) is 0 Å². The first-order valence-corrected chi connectivity index (χ1v) is 7.57. The Labute approximate surface area is 135 Å². The number of aromatic nitrogens is 1. The van der Waals surface area contributed by atoms with Crippen LogP contribution in [0, 0.1) is 0 Å². The highest BCUT2D eigenvalue weighted by Gasteiger charge is 2.04. The minimum atomic E-state index is 0.568. The highest BCUT2D eigenvalue weighted by Crippen LogP contribution is 2.27. The number of hydrogen-bond donors (Lipinski definition) is 0. The molecule has 2 aromatic rings. The predicted octanol–water partition coefficient (Wildman–Crippen LogP) is 3.94. The first-order chi connectivity index (χ1) is 10.1. The summed E-state index contributed by atoms with van der Waals surface area (Å²) in [5, 5.41) is 1.20. The molecule has 0 saturated carbocycles. The van der Waals surface area contributed by atoms with E-state index >= 15 is 0 Å². The van der Waals surface area contributed by atoms with Gasteiger partial charge in [-0.05, 0) is 31.3 Å². The zero-order valence-electron chi connectivity index (χ0n) is 11.9. The van der Waals surface area contributed by atoms with Crippen molar-refractivity contribution in [1.82, 2.24) is 9.88 Å². The summed E-state index contributed by atoms with van der Waals surface area (Å²) in [4.78, 5) is 6.51. The van der Waals surface area contributed by atoms with Crippen LogP contribution < -0.4 is 4.74 Å². The third kappa shape index (κ3) is 5.54. The zero-order valence-corrected chi connectivity index (χ0v) is 13.4. The van der Waals surface area contributed by atoms with Gasteiger partial charge in [0.1, 0.15) is 12.4 Å². The minimum absolute atomic E-state index is 0.568. The number of likely N-dealkylation sites (N-methyl/N-ethyl adjacent to an activating group) is 1. The molecule has 112 valence electrons. The van der Waals surface area contributed by atoms with E-state index in [-0.39, 0.29) is 0 Å². The number of benzene rings is 1. The standard InChI is InChI=1S/C16H18Cl2N2O/c1-20(9-7-14-4-2-3-8-19-14)10-11-21-16-12-13(17)5-6-15(16)18/h2-6,8,12H,7,9-11H2,1H3. The van der Waals surface area contributed by atoms with Gasteiger partial charge in [0.05, 0.1) is 5.02 Å². The molecule has 0 radical (unpaired) electrons. The van der Waals surface area contributed by atoms with Crippen molar-refractivity contribution in [2.24, 2.45) is 0 Å². The average Bonchev–Trinajstić information content (AvgIpc) is 2.50. The van der Waals surface area contributed by atoms with Crippen molar-refractivity contribution >= 4 is 23.2 Å². The maximum Gasteiger partial charge on any atom is 0.139 e. The first-order valence-electron chi connectivity index (χ1n) is 6.81. The van der Waals surface area contributed by atoms with Crippen LogP contribution in [0.1, 0.15) is 5.69 Å². The maximum absolute atomic E-state index is 6.05. The van der Waals surface area contributed by atoms with Crippen LogP contribution in [-0.4, -0.2) is 36.6 Å². The van der Waals surface area contributed by atoms with Gasteiger partial charge in [-0.1, -0.05) is 29.3 Å². The summed E-state index contributed by atoms with van der Waals surface area (Å²) in [6, 6.07) is 11.2. The van der Waals surface area contributed by atoms with E-state index < -0.39 is 0 Å². The number of nitrogens with zero attached hydrogens (tertiary/aromatic N) is 2. The lowest BCUT2D eigenvalue weighted by Crippen LogP contribution is -2.26. The second kappa shape index (κ2) is 8.23. The molecule has 0 aliphatic carbocycles. The van der Waals surface area contributed by atoms with Gasteiger partial charge in [-0.25, -0.2) is 0 Å². The summed E-state index contributed by atoms with van der Waals surface area (Å²) in [6.45, 7) is 2.32. The van der Waals surface area contributed by atoms with E-state index in [2.05, 4.69) is 16.9 Å². The Bertz CT molecular complexity index is 563. The quantitative estimate of drug-likeness (QED) is 0.771. The van der Waals surface area contributed by atoms with E-state index in [0.717, 1.165) is 25.2 Å². The van der Waals surface area contributed by atoms with Crippen molar-refractivity contribution in [2.45, 2.75) is 6.42 Å². The highest BCUT2D eigenvalue weighted by atomic mass is 35.5. The fourth-order valence-corrected chi connectivity index (χ4v) is 2.20. The topological polar surface area (TPSA) is 25.4 Å². The average molecular weight is 325 g/mol. The van der Waals surface area contributed by atoms with Crippen molar-refractivity contribution in [3.05, 3.63) is 58.3 Å². The molecule has 0 saturated heterocycles. The third-order valence-corrected chi connectivity index (χ3v) is 3.65. The van der Waals surface area contributed by atoms with Crippen LogP contribution >= 0.6 is 23.2 Å². The van der Waals surface area contributed by atoms with Crippen molar-refractivity contribution in [1.29, 1.82) is 0 Å². The summed E-state index contributed by atoms with van der Waals surface area (Å²) < 4.78 is 5.67. The molecule has 0 spiro atoms. The summed E-state index contributed by atoms with van der Waals surface area (Å²) in [7, 11) is 2.06. The van der Waals surface area contributed by atoms with Crippen LogP contribution in [0.25, 0.3) is 0 Å². The number of halogens is 2. The van der Waals surface area contributed by atoms with Gasteiger partial charge >= 0.3 is 0 Å². The van der Waals surface area contributed by atoms with E-state index in [1.807, 2.05) is 24.4 Å². The summed E-state index contributed by atoms with van der Waals surface area (Å²) in [5.41, 5.74) is 1.10. The van der Waals surface area contributed by atoms with Crippen molar-refractivity contribution < 1.29 is 4.74 Å². The highest BCUT2D eigenvalue weighted by molar-refractivity contribution is 6.34. The second-order valence-corrected chi connectivity index (χ2v) is 5.64. The molecule has 0 N–H and O–H groups in total. The van der Waals surface area contributed by atoms with Crippen LogP contribution in [0.3, 0.4) is 0 Å². The Hall–Kier alpha value is -1.29. The SMILES string of the molecule is CN(CCOc1cc(Cl)ccc1Cl)CCc1ccccn1. The molecular weight excluding hydrogens is 307 g/mol. The molecule has 0 atom stereocenters. The molecule has 0 bridgehead atoms. The van der Waals surface area contributed by atoms with Crippen molar-refractivity contribution in [3.63, 3.8) is 0 Å². The summed E-state index contributed by atoms with van der Waals surface area (Å²) >= 11 is 12.0. The molecular formula is C16H18Cl2N2O. The van der Waals surface area contributed by atoms with E-state index in [4.69, 9.17) is 27.9 Å². The molecule has 2 rings (SSSR count). The number of rotatable bonds is 7. The Balaban J connectivity index is 1.72. The summed E-state index contributed by atoms with van der Waals surface area (Å²) in [6.07, 6.45) is 2.74. The molecule has 5 heteroatoms. The largest absolute Gasteiger partial charge is 0.491 e. The first kappa shape index (κ1) is 16.1. The Kier molecular flexibility index (Phi) is 6.30. The molecule has 3 nitrogen and oxygen atoms in total. The van der Waals surface area contributed by atoms with Gasteiger partial charge in [0.25, 0.3) is 0 Å². The van der Waals surface area contributed by atoms with Crippen LogP contribution in [0.2, 0.25) is 10.0 Å². The van der Waals surface area contributed by atoms with E-state index in [9.17, 15) is 0 Å². The molecule has 0 aliphatic rings. The molecule has 1 heterocycles. The van der Waals surface area contributed by atoms with Crippen LogP contribution in [0.5, 0.6) is 5.75 Å². The lowest BCUT2D eigenvalue weighted by atomic mass is 10.2. The van der Waals surface area contributed by atoms with Crippen molar-refractivity contribution in [2.75, 3.05) is 26.7 Å². The normalized spacial score (nSPS) is 10.9. The lowest BCUT2D eigenvalue weighted by Gasteiger charge is -2.17. The van der Waals surface area contributed by atoms with Gasteiger partial charge in [-0.3, -0.25) is 4.98 Å². The van der Waals surface area contributed by atoms with E-state index in [1.54, 1.807) is 18.2 Å². The Morgan fingerprint density at radius 1 is 1.14 bits per heavy atom. The van der Waals surface area contributed by atoms with Gasteiger partial charge in [-0.15, -0.1) is 0 Å². The van der Waals surface area contributed by atoms with Gasteiger partial charge in [-0.2, -0.15) is 0 Å². The second-order valence-electron chi connectivity index (χ2n) is 4.80. The molecule has 21 heavy (non-hydrogen) atoms. The van der Waals surface area contributed by atoms with E-state index in [0.29, 0.717) is 22.4 Å². The monoisotopic (exact) mass is 324 g/mol.